The first-order valence-corrected chi connectivity index (χ1v) is 6.65. The molecule has 108 valence electrons. The van der Waals surface area contributed by atoms with Crippen molar-refractivity contribution in [3.8, 4) is 11.8 Å². The number of nitriles is 1. The molecule has 21 heavy (non-hydrogen) atoms. The second kappa shape index (κ2) is 7.25. The molecule has 0 aliphatic rings. The lowest BCUT2D eigenvalue weighted by Gasteiger charge is -2.09. The molecule has 0 radical (unpaired) electrons. The van der Waals surface area contributed by atoms with Gasteiger partial charge in [-0.15, -0.1) is 0 Å². The average molecular weight is 286 g/mol. The van der Waals surface area contributed by atoms with E-state index in [0.717, 1.165) is 0 Å². The zero-order valence-electron chi connectivity index (χ0n) is 11.5. The van der Waals surface area contributed by atoms with Crippen LogP contribution in [0.2, 0.25) is 0 Å². The molecule has 0 N–H and O–H groups in total. The fourth-order valence-electron chi connectivity index (χ4n) is 1.90. The van der Waals surface area contributed by atoms with Crippen molar-refractivity contribution in [1.29, 1.82) is 5.26 Å². The van der Waals surface area contributed by atoms with Crippen LogP contribution in [0.4, 0.5) is 4.39 Å². The molecule has 0 saturated carbocycles. The van der Waals surface area contributed by atoms with Crippen LogP contribution < -0.4 is 10.3 Å². The predicted octanol–water partition coefficient (Wildman–Crippen LogP) is 2.87. The van der Waals surface area contributed by atoms with Crippen LogP contribution in [0.15, 0.2) is 47.4 Å². The van der Waals surface area contributed by atoms with Crippen molar-refractivity contribution in [3.05, 3.63) is 64.3 Å². The van der Waals surface area contributed by atoms with Gasteiger partial charge in [0.1, 0.15) is 12.4 Å². The van der Waals surface area contributed by atoms with Crippen LogP contribution in [-0.2, 0) is 13.2 Å². The first-order valence-electron chi connectivity index (χ1n) is 6.65. The topological polar surface area (TPSA) is 55.0 Å². The SMILES string of the molecule is N#CCCCn1cccc(OCc2ccccc2F)c1=O. The Morgan fingerprint density at radius 1 is 1.24 bits per heavy atom. The molecule has 0 fully saturated rings. The van der Waals surface area contributed by atoms with Gasteiger partial charge >= 0.3 is 0 Å². The van der Waals surface area contributed by atoms with Crippen molar-refractivity contribution in [1.82, 2.24) is 4.57 Å². The van der Waals surface area contributed by atoms with Crippen LogP contribution in [0, 0.1) is 17.1 Å². The van der Waals surface area contributed by atoms with Gasteiger partial charge in [-0.1, -0.05) is 18.2 Å². The van der Waals surface area contributed by atoms with Gasteiger partial charge in [-0.3, -0.25) is 4.79 Å². The number of benzene rings is 1. The summed E-state index contributed by atoms with van der Waals surface area (Å²) in [4.78, 5) is 12.1. The second-order valence-electron chi connectivity index (χ2n) is 4.51. The quantitative estimate of drug-likeness (QED) is 0.767. The van der Waals surface area contributed by atoms with Crippen molar-refractivity contribution < 1.29 is 9.13 Å². The van der Waals surface area contributed by atoms with Gasteiger partial charge in [-0.2, -0.15) is 5.26 Å². The van der Waals surface area contributed by atoms with E-state index in [4.69, 9.17) is 10.00 Å². The third-order valence-corrected chi connectivity index (χ3v) is 3.01. The molecule has 1 heterocycles. The summed E-state index contributed by atoms with van der Waals surface area (Å²) >= 11 is 0. The number of halogens is 1. The fourth-order valence-corrected chi connectivity index (χ4v) is 1.90. The number of pyridine rings is 1. The molecule has 1 aromatic carbocycles. The Kier molecular flexibility index (Phi) is 5.10. The molecule has 0 saturated heterocycles. The maximum absolute atomic E-state index is 13.5. The lowest BCUT2D eigenvalue weighted by Crippen LogP contribution is -2.21. The van der Waals surface area contributed by atoms with Gasteiger partial charge in [-0.25, -0.2) is 4.39 Å². The van der Waals surface area contributed by atoms with Gasteiger partial charge in [0.15, 0.2) is 5.75 Å². The Labute approximate surface area is 122 Å². The Morgan fingerprint density at radius 2 is 2.05 bits per heavy atom. The van der Waals surface area contributed by atoms with Crippen LogP contribution in [0.25, 0.3) is 0 Å². The maximum Gasteiger partial charge on any atom is 0.292 e. The first kappa shape index (κ1) is 14.8. The normalized spacial score (nSPS) is 10.1. The summed E-state index contributed by atoms with van der Waals surface area (Å²) in [5.74, 6) is -0.180. The summed E-state index contributed by atoms with van der Waals surface area (Å²) in [5, 5.41) is 8.51. The monoisotopic (exact) mass is 286 g/mol. The minimum atomic E-state index is -0.359. The van der Waals surface area contributed by atoms with E-state index in [1.54, 1.807) is 36.5 Å². The minimum absolute atomic E-state index is 0.00409. The van der Waals surface area contributed by atoms with Gasteiger partial charge in [0.25, 0.3) is 5.56 Å². The van der Waals surface area contributed by atoms with Gasteiger partial charge in [-0.05, 0) is 24.6 Å². The Hall–Kier alpha value is -2.61. The van der Waals surface area contributed by atoms with Gasteiger partial charge in [0.2, 0.25) is 0 Å². The van der Waals surface area contributed by atoms with E-state index in [9.17, 15) is 9.18 Å². The van der Waals surface area contributed by atoms with Crippen molar-refractivity contribution in [2.75, 3.05) is 0 Å². The molecule has 0 aliphatic carbocycles. The summed E-state index contributed by atoms with van der Waals surface area (Å²) in [5.41, 5.74) is 0.128. The number of rotatable bonds is 6. The van der Waals surface area contributed by atoms with Gasteiger partial charge < -0.3 is 9.30 Å². The van der Waals surface area contributed by atoms with Crippen LogP contribution in [0.5, 0.6) is 5.75 Å². The highest BCUT2D eigenvalue weighted by Gasteiger charge is 2.06. The van der Waals surface area contributed by atoms with Gasteiger partial charge in [0, 0.05) is 24.7 Å². The Balaban J connectivity index is 2.07. The number of hydrogen-bond donors (Lipinski definition) is 0. The fraction of sp³-hybridized carbons (Fsp3) is 0.250. The highest BCUT2D eigenvalue weighted by atomic mass is 19.1. The standard InChI is InChI=1S/C16H15FN2O2/c17-14-7-2-1-6-13(14)12-21-15-8-5-11-19(16(15)20)10-4-3-9-18/h1-2,5-8,11H,3-4,10,12H2. The largest absolute Gasteiger partial charge is 0.483 e. The van der Waals surface area contributed by atoms with E-state index in [-0.39, 0.29) is 23.7 Å². The van der Waals surface area contributed by atoms with Gasteiger partial charge in [0.05, 0.1) is 6.07 Å². The average Bonchev–Trinajstić information content (AvgIpc) is 2.49. The second-order valence-corrected chi connectivity index (χ2v) is 4.51. The number of unbranched alkanes of at least 4 members (excludes halogenated alkanes) is 1. The molecule has 4 nitrogen and oxygen atoms in total. The van der Waals surface area contributed by atoms with Crippen LogP contribution in [0.1, 0.15) is 18.4 Å². The molecule has 2 aromatic rings. The summed E-state index contributed by atoms with van der Waals surface area (Å²) in [6.45, 7) is 0.466. The third-order valence-electron chi connectivity index (χ3n) is 3.01. The molecule has 0 amide bonds. The molecule has 2 rings (SSSR count). The van der Waals surface area contributed by atoms with Crippen LogP contribution >= 0.6 is 0 Å². The zero-order chi connectivity index (χ0) is 15.1. The van der Waals surface area contributed by atoms with Crippen molar-refractivity contribution in [2.45, 2.75) is 26.0 Å². The van der Waals surface area contributed by atoms with Crippen LogP contribution in [0.3, 0.4) is 0 Å². The van der Waals surface area contributed by atoms with E-state index in [0.29, 0.717) is 24.9 Å². The molecule has 0 atom stereocenters. The Morgan fingerprint density at radius 3 is 2.81 bits per heavy atom. The predicted molar refractivity (Wildman–Crippen MR) is 76.3 cm³/mol. The molecule has 0 bridgehead atoms. The summed E-state index contributed by atoms with van der Waals surface area (Å²) in [6, 6.07) is 11.6. The molecular weight excluding hydrogens is 271 g/mol. The number of ether oxygens (including phenoxy) is 1. The summed E-state index contributed by atoms with van der Waals surface area (Å²) in [7, 11) is 0. The number of hydrogen-bond acceptors (Lipinski definition) is 3. The van der Waals surface area contributed by atoms with Crippen molar-refractivity contribution in [2.24, 2.45) is 0 Å². The summed E-state index contributed by atoms with van der Waals surface area (Å²) < 4.78 is 20.4. The lowest BCUT2D eigenvalue weighted by molar-refractivity contribution is 0.293. The third kappa shape index (κ3) is 3.93. The molecule has 0 aliphatic heterocycles. The van der Waals surface area contributed by atoms with E-state index in [1.807, 2.05) is 6.07 Å². The van der Waals surface area contributed by atoms with E-state index < -0.39 is 0 Å². The zero-order valence-corrected chi connectivity index (χ0v) is 11.5. The van der Waals surface area contributed by atoms with E-state index >= 15 is 0 Å². The molecule has 1 aromatic heterocycles. The highest BCUT2D eigenvalue weighted by molar-refractivity contribution is 5.20. The molecule has 0 spiro atoms. The van der Waals surface area contributed by atoms with Crippen LogP contribution in [-0.4, -0.2) is 4.57 Å². The number of aryl methyl sites for hydroxylation is 1. The minimum Gasteiger partial charge on any atom is -0.483 e. The van der Waals surface area contributed by atoms with Crippen molar-refractivity contribution in [3.63, 3.8) is 0 Å². The molecular formula is C16H15FN2O2. The van der Waals surface area contributed by atoms with Crippen molar-refractivity contribution >= 4 is 0 Å². The summed E-state index contributed by atoms with van der Waals surface area (Å²) in [6.07, 6.45) is 2.65. The van der Waals surface area contributed by atoms with E-state index in [1.165, 1.54) is 10.6 Å². The molecule has 0 unspecified atom stereocenters. The first-order chi connectivity index (χ1) is 10.2. The Bertz CT molecular complexity index is 704. The number of nitrogens with zero attached hydrogens (tertiary/aromatic N) is 2. The van der Waals surface area contributed by atoms with E-state index in [2.05, 4.69) is 0 Å². The maximum atomic E-state index is 13.5. The molecule has 5 heteroatoms. The smallest absolute Gasteiger partial charge is 0.292 e. The number of aromatic nitrogens is 1. The highest BCUT2D eigenvalue weighted by Crippen LogP contribution is 2.10. The lowest BCUT2D eigenvalue weighted by atomic mass is 10.2.